The molecular weight excluding hydrogens is 256 g/mol. The Balaban J connectivity index is 2.07. The van der Waals surface area contributed by atoms with Crippen molar-refractivity contribution >= 4 is 0 Å². The second-order valence-corrected chi connectivity index (χ2v) is 5.31. The number of halogens is 2. The second-order valence-electron chi connectivity index (χ2n) is 5.31. The Bertz CT molecular complexity index is 617. The Labute approximate surface area is 117 Å². The Kier molecular flexibility index (Phi) is 3.53. The summed E-state index contributed by atoms with van der Waals surface area (Å²) in [6, 6.07) is 10.1. The highest BCUT2D eigenvalue weighted by molar-refractivity contribution is 5.65. The number of aryl methyl sites for hydroxylation is 1. The molecule has 0 saturated heterocycles. The van der Waals surface area contributed by atoms with E-state index >= 15 is 0 Å². The van der Waals surface area contributed by atoms with Crippen LogP contribution in [0.1, 0.15) is 30.0 Å². The van der Waals surface area contributed by atoms with Crippen LogP contribution in [0.15, 0.2) is 36.4 Å². The molecule has 0 bridgehead atoms. The normalized spacial score (nSPS) is 17.9. The van der Waals surface area contributed by atoms with E-state index in [-0.39, 0.29) is 0 Å². The van der Waals surface area contributed by atoms with E-state index in [1.54, 1.807) is 0 Å². The van der Waals surface area contributed by atoms with Crippen LogP contribution < -0.4 is 5.32 Å². The average molecular weight is 273 g/mol. The van der Waals surface area contributed by atoms with Gasteiger partial charge in [-0.15, -0.1) is 0 Å². The van der Waals surface area contributed by atoms with Crippen molar-refractivity contribution in [3.05, 3.63) is 59.2 Å². The van der Waals surface area contributed by atoms with Crippen LogP contribution in [0.5, 0.6) is 0 Å². The Morgan fingerprint density at radius 3 is 2.45 bits per heavy atom. The number of hydrogen-bond donors (Lipinski definition) is 1. The minimum Gasteiger partial charge on any atom is -0.313 e. The van der Waals surface area contributed by atoms with Crippen molar-refractivity contribution in [1.82, 2.24) is 5.32 Å². The molecule has 1 atom stereocenters. The van der Waals surface area contributed by atoms with Gasteiger partial charge >= 0.3 is 0 Å². The fraction of sp³-hybridized carbons (Fsp3) is 0.294. The number of rotatable bonds is 2. The summed E-state index contributed by atoms with van der Waals surface area (Å²) in [5, 5.41) is 3.31. The molecule has 0 radical (unpaired) electrons. The number of hydrogen-bond acceptors (Lipinski definition) is 1. The van der Waals surface area contributed by atoms with Crippen LogP contribution in [0.4, 0.5) is 8.78 Å². The summed E-state index contributed by atoms with van der Waals surface area (Å²) in [4.78, 5) is 0. The molecular formula is C17H17F2N. The van der Waals surface area contributed by atoms with Crippen LogP contribution >= 0.6 is 0 Å². The van der Waals surface area contributed by atoms with Gasteiger partial charge in [-0.3, -0.25) is 0 Å². The van der Waals surface area contributed by atoms with Crippen LogP contribution in [0.2, 0.25) is 0 Å². The molecule has 1 nitrogen and oxygen atoms in total. The van der Waals surface area contributed by atoms with E-state index in [9.17, 15) is 8.78 Å². The lowest BCUT2D eigenvalue weighted by Crippen LogP contribution is -2.21. The topological polar surface area (TPSA) is 12.0 Å². The molecule has 2 aromatic carbocycles. The van der Waals surface area contributed by atoms with E-state index < -0.39 is 11.6 Å². The molecule has 104 valence electrons. The molecule has 0 spiro atoms. The third-order valence-corrected chi connectivity index (χ3v) is 4.00. The van der Waals surface area contributed by atoms with E-state index in [4.69, 9.17) is 0 Å². The van der Waals surface area contributed by atoms with Gasteiger partial charge in [0.25, 0.3) is 0 Å². The van der Waals surface area contributed by atoms with Gasteiger partial charge in [0.05, 0.1) is 0 Å². The second kappa shape index (κ2) is 5.33. The Morgan fingerprint density at radius 1 is 1.00 bits per heavy atom. The maximum absolute atomic E-state index is 13.3. The number of benzene rings is 2. The van der Waals surface area contributed by atoms with Crippen molar-refractivity contribution in [2.24, 2.45) is 0 Å². The molecule has 3 rings (SSSR count). The summed E-state index contributed by atoms with van der Waals surface area (Å²) in [6.45, 7) is 0. The predicted molar refractivity (Wildman–Crippen MR) is 76.5 cm³/mol. The summed E-state index contributed by atoms with van der Waals surface area (Å²) in [6.07, 6.45) is 3.35. The van der Waals surface area contributed by atoms with Gasteiger partial charge in [-0.05, 0) is 66.8 Å². The van der Waals surface area contributed by atoms with Crippen LogP contribution in [-0.2, 0) is 6.42 Å². The molecule has 0 heterocycles. The highest BCUT2D eigenvalue weighted by Gasteiger charge is 2.19. The van der Waals surface area contributed by atoms with Crippen molar-refractivity contribution in [1.29, 1.82) is 0 Å². The predicted octanol–water partition coefficient (Wildman–Crippen LogP) is 4.23. The first-order chi connectivity index (χ1) is 9.67. The molecule has 3 heteroatoms. The van der Waals surface area contributed by atoms with Gasteiger partial charge in [-0.1, -0.05) is 12.1 Å². The lowest BCUT2D eigenvalue weighted by atomic mass is 9.85. The third kappa shape index (κ3) is 2.46. The maximum atomic E-state index is 13.3. The summed E-state index contributed by atoms with van der Waals surface area (Å²) < 4.78 is 26.7. The SMILES string of the molecule is CNC1CCCc2ccc(-c3cc(F)cc(F)c3)cc21. The number of nitrogens with one attached hydrogen (secondary N) is 1. The standard InChI is InChI=1S/C17H17F2N/c1-20-17-4-2-3-11-5-6-12(9-16(11)17)13-7-14(18)10-15(19)8-13/h5-10,17,20H,2-4H2,1H3. The van der Waals surface area contributed by atoms with E-state index in [1.165, 1.54) is 29.7 Å². The van der Waals surface area contributed by atoms with E-state index in [0.717, 1.165) is 24.5 Å². The average Bonchev–Trinajstić information content (AvgIpc) is 2.45. The Hall–Kier alpha value is -1.74. The molecule has 0 aromatic heterocycles. The molecule has 20 heavy (non-hydrogen) atoms. The van der Waals surface area contributed by atoms with Gasteiger partial charge in [-0.2, -0.15) is 0 Å². The molecule has 1 aliphatic rings. The van der Waals surface area contributed by atoms with Crippen molar-refractivity contribution in [2.45, 2.75) is 25.3 Å². The van der Waals surface area contributed by atoms with Crippen molar-refractivity contribution in [3.8, 4) is 11.1 Å². The first kappa shape index (κ1) is 13.3. The third-order valence-electron chi connectivity index (χ3n) is 4.00. The largest absolute Gasteiger partial charge is 0.313 e. The van der Waals surface area contributed by atoms with Gasteiger partial charge < -0.3 is 5.32 Å². The highest BCUT2D eigenvalue weighted by atomic mass is 19.1. The summed E-state index contributed by atoms with van der Waals surface area (Å²) in [7, 11) is 1.95. The lowest BCUT2D eigenvalue weighted by Gasteiger charge is -2.25. The fourth-order valence-corrected chi connectivity index (χ4v) is 3.00. The smallest absolute Gasteiger partial charge is 0.126 e. The van der Waals surface area contributed by atoms with Gasteiger partial charge in [0.2, 0.25) is 0 Å². The number of fused-ring (bicyclic) bond motifs is 1. The highest BCUT2D eigenvalue weighted by Crippen LogP contribution is 2.33. The van der Waals surface area contributed by atoms with Crippen molar-refractivity contribution in [3.63, 3.8) is 0 Å². The fourth-order valence-electron chi connectivity index (χ4n) is 3.00. The zero-order chi connectivity index (χ0) is 14.1. The molecule has 0 aliphatic heterocycles. The molecule has 1 N–H and O–H groups in total. The molecule has 1 aliphatic carbocycles. The van der Waals surface area contributed by atoms with Crippen LogP contribution in [0.3, 0.4) is 0 Å². The van der Waals surface area contributed by atoms with E-state index in [0.29, 0.717) is 11.6 Å². The quantitative estimate of drug-likeness (QED) is 0.863. The monoisotopic (exact) mass is 273 g/mol. The van der Waals surface area contributed by atoms with Gasteiger partial charge in [0.15, 0.2) is 0 Å². The first-order valence-electron chi connectivity index (χ1n) is 6.94. The maximum Gasteiger partial charge on any atom is 0.126 e. The summed E-state index contributed by atoms with van der Waals surface area (Å²) >= 11 is 0. The zero-order valence-corrected chi connectivity index (χ0v) is 11.4. The minimum absolute atomic E-state index is 0.331. The summed E-state index contributed by atoms with van der Waals surface area (Å²) in [5.41, 5.74) is 4.03. The first-order valence-corrected chi connectivity index (χ1v) is 6.94. The van der Waals surface area contributed by atoms with Gasteiger partial charge in [-0.25, -0.2) is 8.78 Å². The van der Waals surface area contributed by atoms with Crippen LogP contribution in [0, 0.1) is 11.6 Å². The minimum atomic E-state index is -0.539. The molecule has 0 fully saturated rings. The van der Waals surface area contributed by atoms with E-state index in [1.807, 2.05) is 13.1 Å². The van der Waals surface area contributed by atoms with Crippen LogP contribution in [0.25, 0.3) is 11.1 Å². The van der Waals surface area contributed by atoms with Gasteiger partial charge in [0, 0.05) is 12.1 Å². The molecule has 0 amide bonds. The van der Waals surface area contributed by atoms with E-state index in [2.05, 4.69) is 17.4 Å². The van der Waals surface area contributed by atoms with Crippen molar-refractivity contribution < 1.29 is 8.78 Å². The van der Waals surface area contributed by atoms with Gasteiger partial charge in [0.1, 0.15) is 11.6 Å². The molecule has 0 saturated carbocycles. The lowest BCUT2D eigenvalue weighted by molar-refractivity contribution is 0.497. The summed E-state index contributed by atoms with van der Waals surface area (Å²) in [5.74, 6) is -1.08. The Morgan fingerprint density at radius 2 is 1.75 bits per heavy atom. The van der Waals surface area contributed by atoms with Crippen molar-refractivity contribution in [2.75, 3.05) is 7.05 Å². The zero-order valence-electron chi connectivity index (χ0n) is 11.4. The molecule has 2 aromatic rings. The van der Waals surface area contributed by atoms with Crippen LogP contribution in [-0.4, -0.2) is 7.05 Å². The molecule has 1 unspecified atom stereocenters.